The van der Waals surface area contributed by atoms with Crippen molar-refractivity contribution in [2.24, 2.45) is 0 Å². The molecule has 0 N–H and O–H groups in total. The van der Waals surface area contributed by atoms with E-state index in [0.29, 0.717) is 26.4 Å². The Hall–Kier alpha value is 0.954. The molecule has 0 atom stereocenters. The largest absolute Gasteiger partial charge is 2.00 e. The standard InChI is InChI=1S/C6H14O3.2ClH.Ni/c1-7-3-5-9-6-4-8-2;;;/h3-6H2,1-2H3;2*1H;/q;;;+2/p-2. The van der Waals surface area contributed by atoms with E-state index in [1.54, 1.807) is 14.2 Å². The summed E-state index contributed by atoms with van der Waals surface area (Å²) >= 11 is 0. The van der Waals surface area contributed by atoms with E-state index >= 15 is 0 Å². The average molecular weight is 264 g/mol. The molecule has 0 aliphatic carbocycles. The maximum atomic E-state index is 5.06. The molecule has 80 valence electrons. The van der Waals surface area contributed by atoms with E-state index in [0.717, 1.165) is 0 Å². The predicted molar refractivity (Wildman–Crippen MR) is 34.6 cm³/mol. The fourth-order valence-corrected chi connectivity index (χ4v) is 0.387. The van der Waals surface area contributed by atoms with Crippen molar-refractivity contribution in [3.05, 3.63) is 0 Å². The first kappa shape index (κ1) is 23.1. The Morgan fingerprint density at radius 3 is 1.33 bits per heavy atom. The first-order valence-corrected chi connectivity index (χ1v) is 2.97. The van der Waals surface area contributed by atoms with Gasteiger partial charge in [0.2, 0.25) is 0 Å². The minimum atomic E-state index is 0. The van der Waals surface area contributed by atoms with Crippen LogP contribution in [0.3, 0.4) is 0 Å². The number of hydrogen-bond donors (Lipinski definition) is 0. The van der Waals surface area contributed by atoms with E-state index < -0.39 is 0 Å². The topological polar surface area (TPSA) is 27.7 Å². The van der Waals surface area contributed by atoms with Gasteiger partial charge in [0, 0.05) is 14.2 Å². The summed E-state index contributed by atoms with van der Waals surface area (Å²) in [5.74, 6) is 0. The van der Waals surface area contributed by atoms with Crippen molar-refractivity contribution in [2.45, 2.75) is 0 Å². The summed E-state index contributed by atoms with van der Waals surface area (Å²) in [6.45, 7) is 2.62. The molecule has 0 amide bonds. The molecule has 0 aromatic heterocycles. The van der Waals surface area contributed by atoms with Gasteiger partial charge in [0.1, 0.15) is 0 Å². The number of halogens is 2. The minimum Gasteiger partial charge on any atom is -1.00 e. The van der Waals surface area contributed by atoms with E-state index in [2.05, 4.69) is 0 Å². The van der Waals surface area contributed by atoms with Gasteiger partial charge in [0.25, 0.3) is 0 Å². The second kappa shape index (κ2) is 22.7. The van der Waals surface area contributed by atoms with Crippen molar-refractivity contribution in [1.82, 2.24) is 0 Å². The van der Waals surface area contributed by atoms with Crippen LogP contribution in [0.25, 0.3) is 0 Å². The summed E-state index contributed by atoms with van der Waals surface area (Å²) in [6.07, 6.45) is 0. The van der Waals surface area contributed by atoms with Crippen LogP contribution in [0, 0.1) is 0 Å². The Labute approximate surface area is 96.3 Å². The SMILES string of the molecule is COCCOCCOC.[Cl-].[Cl-].[Ni+2]. The molecule has 3 nitrogen and oxygen atoms in total. The molecule has 0 unspecified atom stereocenters. The van der Waals surface area contributed by atoms with Crippen molar-refractivity contribution in [2.75, 3.05) is 40.6 Å². The van der Waals surface area contributed by atoms with Gasteiger partial charge < -0.3 is 39.0 Å². The molecule has 0 aliphatic heterocycles. The van der Waals surface area contributed by atoms with Crippen LogP contribution in [0.5, 0.6) is 0 Å². The van der Waals surface area contributed by atoms with Gasteiger partial charge in [-0.2, -0.15) is 0 Å². The normalized spacial score (nSPS) is 7.50. The first-order chi connectivity index (χ1) is 4.41. The second-order valence-electron chi connectivity index (χ2n) is 1.60. The molecule has 0 saturated heterocycles. The summed E-state index contributed by atoms with van der Waals surface area (Å²) < 4.78 is 14.6. The fraction of sp³-hybridized carbons (Fsp3) is 1.00. The second-order valence-corrected chi connectivity index (χ2v) is 1.60. The zero-order chi connectivity index (χ0) is 6.95. The third-order valence-electron chi connectivity index (χ3n) is 0.864. The van der Waals surface area contributed by atoms with E-state index in [1.165, 1.54) is 0 Å². The molecule has 0 radical (unpaired) electrons. The van der Waals surface area contributed by atoms with Crippen LogP contribution in [0.2, 0.25) is 0 Å². The molecule has 12 heavy (non-hydrogen) atoms. The molecule has 0 fully saturated rings. The van der Waals surface area contributed by atoms with Crippen LogP contribution < -0.4 is 24.8 Å². The molecule has 0 saturated carbocycles. The summed E-state index contributed by atoms with van der Waals surface area (Å²) in [5.41, 5.74) is 0. The summed E-state index contributed by atoms with van der Waals surface area (Å²) in [7, 11) is 3.30. The van der Waals surface area contributed by atoms with Gasteiger partial charge in [-0.05, 0) is 0 Å². The quantitative estimate of drug-likeness (QED) is 0.353. The molecule has 6 heteroatoms. The van der Waals surface area contributed by atoms with Crippen molar-refractivity contribution in [3.63, 3.8) is 0 Å². The zero-order valence-corrected chi connectivity index (χ0v) is 9.62. The average Bonchev–Trinajstić information content (AvgIpc) is 1.89. The van der Waals surface area contributed by atoms with Gasteiger partial charge in [-0.25, -0.2) is 0 Å². The Morgan fingerprint density at radius 1 is 0.750 bits per heavy atom. The van der Waals surface area contributed by atoms with Gasteiger partial charge in [-0.15, -0.1) is 0 Å². The van der Waals surface area contributed by atoms with Crippen LogP contribution in [-0.2, 0) is 30.7 Å². The Bertz CT molecular complexity index is 54.1. The Morgan fingerprint density at radius 2 is 1.08 bits per heavy atom. The van der Waals surface area contributed by atoms with Crippen molar-refractivity contribution < 1.29 is 55.5 Å². The number of ether oxygens (including phenoxy) is 3. The van der Waals surface area contributed by atoms with Crippen molar-refractivity contribution in [3.8, 4) is 0 Å². The molecule has 0 bridgehead atoms. The number of methoxy groups -OCH3 is 2. The smallest absolute Gasteiger partial charge is 1.00 e. The van der Waals surface area contributed by atoms with E-state index in [4.69, 9.17) is 14.2 Å². The third-order valence-corrected chi connectivity index (χ3v) is 0.864. The van der Waals surface area contributed by atoms with Crippen LogP contribution in [0.15, 0.2) is 0 Å². The molecule has 0 spiro atoms. The Kier molecular flexibility index (Phi) is 43.6. The molecule has 0 aromatic rings. The molecule has 0 aromatic carbocycles. The molecular formula is C6H14Cl2NiO3. The predicted octanol–water partition coefficient (Wildman–Crippen LogP) is -5.70. The van der Waals surface area contributed by atoms with Gasteiger partial charge in [-0.1, -0.05) is 0 Å². The first-order valence-electron chi connectivity index (χ1n) is 2.97. The summed E-state index contributed by atoms with van der Waals surface area (Å²) in [5, 5.41) is 0. The van der Waals surface area contributed by atoms with Crippen LogP contribution in [0.4, 0.5) is 0 Å². The van der Waals surface area contributed by atoms with E-state index in [9.17, 15) is 0 Å². The van der Waals surface area contributed by atoms with Crippen LogP contribution in [-0.4, -0.2) is 40.6 Å². The maximum Gasteiger partial charge on any atom is 2.00 e. The van der Waals surface area contributed by atoms with Gasteiger partial charge in [0.05, 0.1) is 26.4 Å². The Balaban J connectivity index is -0.000000107. The molecular weight excluding hydrogens is 250 g/mol. The molecule has 0 rings (SSSR count). The third kappa shape index (κ3) is 22.4. The number of hydrogen-bond acceptors (Lipinski definition) is 3. The van der Waals surface area contributed by atoms with Crippen LogP contribution >= 0.6 is 0 Å². The fourth-order valence-electron chi connectivity index (χ4n) is 0.387. The van der Waals surface area contributed by atoms with Crippen LogP contribution in [0.1, 0.15) is 0 Å². The molecule has 0 aliphatic rings. The van der Waals surface area contributed by atoms with Crippen molar-refractivity contribution in [1.29, 1.82) is 0 Å². The van der Waals surface area contributed by atoms with E-state index in [1.807, 2.05) is 0 Å². The van der Waals surface area contributed by atoms with Crippen molar-refractivity contribution >= 4 is 0 Å². The monoisotopic (exact) mass is 262 g/mol. The van der Waals surface area contributed by atoms with E-state index in [-0.39, 0.29) is 41.3 Å². The maximum absolute atomic E-state index is 5.06. The van der Waals surface area contributed by atoms with Gasteiger partial charge in [-0.3, -0.25) is 0 Å². The number of rotatable bonds is 6. The zero-order valence-electron chi connectivity index (χ0n) is 7.13. The van der Waals surface area contributed by atoms with Gasteiger partial charge >= 0.3 is 16.5 Å². The molecule has 0 heterocycles. The summed E-state index contributed by atoms with van der Waals surface area (Å²) in [4.78, 5) is 0. The van der Waals surface area contributed by atoms with Gasteiger partial charge in [0.15, 0.2) is 0 Å². The summed E-state index contributed by atoms with van der Waals surface area (Å²) in [6, 6.07) is 0. The minimum absolute atomic E-state index is 0.